The Morgan fingerprint density at radius 1 is 1.36 bits per heavy atom. The second kappa shape index (κ2) is 8.71. The van der Waals surface area contributed by atoms with Gasteiger partial charge in [0.1, 0.15) is 0 Å². The lowest BCUT2D eigenvalue weighted by molar-refractivity contribution is 0.121. The number of rotatable bonds is 5. The Balaban J connectivity index is 2.03. The zero-order chi connectivity index (χ0) is 21.0. The predicted octanol–water partition coefficient (Wildman–Crippen LogP) is 4.26. The molecule has 5 heteroatoms. The summed E-state index contributed by atoms with van der Waals surface area (Å²) in [6.07, 6.45) is 6.33. The zero-order valence-corrected chi connectivity index (χ0v) is 18.9. The largest absolute Gasteiger partial charge is 0.299 e. The maximum atomic E-state index is 11.5. The summed E-state index contributed by atoms with van der Waals surface area (Å²) in [7, 11) is -3.27. The van der Waals surface area contributed by atoms with Crippen LogP contribution in [0.25, 0.3) is 0 Å². The van der Waals surface area contributed by atoms with Crippen molar-refractivity contribution in [1.82, 2.24) is 4.90 Å². The molecule has 0 radical (unpaired) electrons. The number of nitrogens with zero attached hydrogens (tertiary/aromatic N) is 1. The van der Waals surface area contributed by atoms with Gasteiger partial charge in [-0.1, -0.05) is 43.9 Å². The van der Waals surface area contributed by atoms with Gasteiger partial charge in [0.25, 0.3) is 0 Å². The molecule has 0 unspecified atom stereocenters. The summed E-state index contributed by atoms with van der Waals surface area (Å²) in [6, 6.07) is 7.83. The molecule has 2 atom stereocenters. The Morgan fingerprint density at radius 3 is 2.68 bits per heavy atom. The highest BCUT2D eigenvalue weighted by atomic mass is 32.2. The minimum Gasteiger partial charge on any atom is -0.299 e. The van der Waals surface area contributed by atoms with Gasteiger partial charge >= 0.3 is 0 Å². The van der Waals surface area contributed by atoms with Gasteiger partial charge in [0, 0.05) is 24.2 Å². The third-order valence-corrected chi connectivity index (χ3v) is 6.01. The van der Waals surface area contributed by atoms with Crippen LogP contribution in [0.1, 0.15) is 46.6 Å². The van der Waals surface area contributed by atoms with Crippen LogP contribution in [0.3, 0.4) is 0 Å². The van der Waals surface area contributed by atoms with Crippen molar-refractivity contribution in [3.8, 4) is 11.8 Å². The highest BCUT2D eigenvalue weighted by Gasteiger charge is 2.37. The molecule has 1 fully saturated rings. The molecular formula is C23H34N2O2S. The Kier molecular flexibility index (Phi) is 7.01. The van der Waals surface area contributed by atoms with E-state index in [4.69, 9.17) is 0 Å². The molecule has 1 saturated heterocycles. The lowest BCUT2D eigenvalue weighted by atomic mass is 9.68. The number of hydrogen-bond donors (Lipinski definition) is 1. The first-order valence-electron chi connectivity index (χ1n) is 9.87. The lowest BCUT2D eigenvalue weighted by Gasteiger charge is -2.45. The topological polar surface area (TPSA) is 49.4 Å². The van der Waals surface area contributed by atoms with Gasteiger partial charge in [-0.2, -0.15) is 0 Å². The zero-order valence-electron chi connectivity index (χ0n) is 18.0. The molecule has 0 bridgehead atoms. The van der Waals surface area contributed by atoms with E-state index in [-0.39, 0.29) is 10.8 Å². The lowest BCUT2D eigenvalue weighted by Crippen LogP contribution is -2.47. The second-order valence-electron chi connectivity index (χ2n) is 9.20. The first-order valence-corrected chi connectivity index (χ1v) is 11.8. The molecule has 4 nitrogen and oxygen atoms in total. The van der Waals surface area contributed by atoms with E-state index in [0.717, 1.165) is 26.1 Å². The van der Waals surface area contributed by atoms with Crippen molar-refractivity contribution in [3.63, 3.8) is 0 Å². The summed E-state index contributed by atoms with van der Waals surface area (Å²) in [5, 5.41) is 0. The standard InChI is InChI=1S/C23H34N2O2S/c1-19-18-25(15-9-7-8-13-22(2,3)4)16-14-23(19,5)20-11-10-12-21(17-20)24-28(6,26)27/h7,9-12,17,19,24H,14-16,18H2,1-6H3/t19-,23-/m0/s1. The number of piperidine rings is 1. The van der Waals surface area contributed by atoms with Gasteiger partial charge in [-0.05, 0) is 68.8 Å². The molecule has 0 spiro atoms. The van der Waals surface area contributed by atoms with Crippen LogP contribution in [-0.4, -0.2) is 39.2 Å². The van der Waals surface area contributed by atoms with Gasteiger partial charge in [-0.15, -0.1) is 0 Å². The van der Waals surface area contributed by atoms with E-state index < -0.39 is 10.0 Å². The van der Waals surface area contributed by atoms with E-state index in [1.54, 1.807) is 6.07 Å². The molecule has 1 aromatic rings. The van der Waals surface area contributed by atoms with E-state index in [1.165, 1.54) is 11.8 Å². The first kappa shape index (κ1) is 22.5. The number of likely N-dealkylation sites (tertiary alicyclic amines) is 1. The summed E-state index contributed by atoms with van der Waals surface area (Å²) >= 11 is 0. The molecule has 1 aliphatic rings. The van der Waals surface area contributed by atoms with Crippen LogP contribution in [0.2, 0.25) is 0 Å². The van der Waals surface area contributed by atoms with Crippen molar-refractivity contribution in [1.29, 1.82) is 0 Å². The van der Waals surface area contributed by atoms with Crippen LogP contribution >= 0.6 is 0 Å². The van der Waals surface area contributed by atoms with E-state index in [9.17, 15) is 8.42 Å². The average molecular weight is 403 g/mol. The van der Waals surface area contributed by atoms with Crippen LogP contribution in [0.15, 0.2) is 36.4 Å². The van der Waals surface area contributed by atoms with Gasteiger partial charge in [0.15, 0.2) is 0 Å². The molecule has 1 aromatic carbocycles. The van der Waals surface area contributed by atoms with Crippen molar-refractivity contribution in [2.24, 2.45) is 11.3 Å². The molecule has 1 N–H and O–H groups in total. The van der Waals surface area contributed by atoms with Gasteiger partial charge in [0.2, 0.25) is 10.0 Å². The highest BCUT2D eigenvalue weighted by Crippen LogP contribution is 2.40. The minimum absolute atomic E-state index is 0.0292. The fourth-order valence-corrected chi connectivity index (χ4v) is 4.14. The molecule has 28 heavy (non-hydrogen) atoms. The summed E-state index contributed by atoms with van der Waals surface area (Å²) in [6.45, 7) is 13.9. The summed E-state index contributed by atoms with van der Waals surface area (Å²) in [5.74, 6) is 6.81. The third-order valence-electron chi connectivity index (χ3n) is 5.40. The van der Waals surface area contributed by atoms with Crippen LogP contribution < -0.4 is 4.72 Å². The molecule has 0 aromatic heterocycles. The monoisotopic (exact) mass is 402 g/mol. The average Bonchev–Trinajstić information content (AvgIpc) is 2.55. The molecule has 1 heterocycles. The molecule has 0 saturated carbocycles. The molecule has 2 rings (SSSR count). The van der Waals surface area contributed by atoms with Crippen LogP contribution in [0.5, 0.6) is 0 Å². The van der Waals surface area contributed by atoms with Crippen LogP contribution in [-0.2, 0) is 15.4 Å². The van der Waals surface area contributed by atoms with Crippen molar-refractivity contribution in [2.75, 3.05) is 30.6 Å². The van der Waals surface area contributed by atoms with Crippen molar-refractivity contribution < 1.29 is 8.42 Å². The maximum Gasteiger partial charge on any atom is 0.229 e. The molecule has 0 amide bonds. The van der Waals surface area contributed by atoms with Crippen LogP contribution in [0.4, 0.5) is 5.69 Å². The van der Waals surface area contributed by atoms with Gasteiger partial charge < -0.3 is 0 Å². The number of hydrogen-bond acceptors (Lipinski definition) is 3. The quantitative estimate of drug-likeness (QED) is 0.749. The Labute approximate surface area is 171 Å². The molecule has 154 valence electrons. The summed E-state index contributed by atoms with van der Waals surface area (Å²) < 4.78 is 25.7. The summed E-state index contributed by atoms with van der Waals surface area (Å²) in [4.78, 5) is 2.46. The Bertz CT molecular complexity index is 872. The SMILES string of the molecule is C[C@H]1CN(CC=CC#CC(C)(C)C)CC[C@]1(C)c1cccc(NS(C)(=O)=O)c1. The fourth-order valence-electron chi connectivity index (χ4n) is 3.58. The van der Waals surface area contributed by atoms with Crippen molar-refractivity contribution >= 4 is 15.7 Å². The molecule has 1 aliphatic heterocycles. The number of nitrogens with one attached hydrogen (secondary N) is 1. The van der Waals surface area contributed by atoms with E-state index in [0.29, 0.717) is 11.6 Å². The molecule has 0 aliphatic carbocycles. The Morgan fingerprint density at radius 2 is 2.07 bits per heavy atom. The first-order chi connectivity index (χ1) is 12.9. The fraction of sp³-hybridized carbons (Fsp3) is 0.565. The number of sulfonamides is 1. The number of benzene rings is 1. The van der Waals surface area contributed by atoms with Gasteiger partial charge in [0.05, 0.1) is 6.26 Å². The maximum absolute atomic E-state index is 11.5. The number of anilines is 1. The minimum atomic E-state index is -3.27. The van der Waals surface area contributed by atoms with Crippen molar-refractivity contribution in [2.45, 2.75) is 46.5 Å². The van der Waals surface area contributed by atoms with Crippen LogP contribution in [0, 0.1) is 23.2 Å². The predicted molar refractivity (Wildman–Crippen MR) is 119 cm³/mol. The van der Waals surface area contributed by atoms with E-state index in [1.807, 2.05) is 18.2 Å². The smallest absolute Gasteiger partial charge is 0.229 e. The van der Waals surface area contributed by atoms with E-state index in [2.05, 4.69) is 68.2 Å². The highest BCUT2D eigenvalue weighted by molar-refractivity contribution is 7.92. The van der Waals surface area contributed by atoms with Gasteiger partial charge in [-0.25, -0.2) is 8.42 Å². The summed E-state index contributed by atoms with van der Waals surface area (Å²) in [5.41, 5.74) is 1.89. The van der Waals surface area contributed by atoms with Gasteiger partial charge in [-0.3, -0.25) is 9.62 Å². The third kappa shape index (κ3) is 6.68. The Hall–Kier alpha value is -1.77. The molecular weight excluding hydrogens is 368 g/mol. The van der Waals surface area contributed by atoms with E-state index >= 15 is 0 Å². The normalized spacial score (nSPS) is 24.0. The second-order valence-corrected chi connectivity index (χ2v) is 11.0. The van der Waals surface area contributed by atoms with Crippen molar-refractivity contribution in [3.05, 3.63) is 42.0 Å². The number of allylic oxidation sites excluding steroid dienone is 1.